The number of likely N-dealkylation sites (N-methyl/N-ethyl adjacent to an activating group) is 1. The lowest BCUT2D eigenvalue weighted by molar-refractivity contribution is 0.298. The van der Waals surface area contributed by atoms with Gasteiger partial charge in [-0.2, -0.15) is 12.7 Å². The highest BCUT2D eigenvalue weighted by Crippen LogP contribution is 2.18. The highest BCUT2D eigenvalue weighted by atomic mass is 32.2. The molecule has 0 aliphatic carbocycles. The summed E-state index contributed by atoms with van der Waals surface area (Å²) in [5.41, 5.74) is 2.28. The highest BCUT2D eigenvalue weighted by molar-refractivity contribution is 7.87. The van der Waals surface area contributed by atoms with Crippen molar-refractivity contribution in [2.45, 2.75) is 13.0 Å². The van der Waals surface area contributed by atoms with Crippen LogP contribution in [0.1, 0.15) is 17.2 Å². The molecule has 0 saturated carbocycles. The molecule has 0 heterocycles. The van der Waals surface area contributed by atoms with E-state index in [2.05, 4.69) is 4.72 Å². The number of nitrogens with zero attached hydrogens (tertiary/aromatic N) is 2. The van der Waals surface area contributed by atoms with Crippen molar-refractivity contribution in [3.05, 3.63) is 35.4 Å². The predicted molar refractivity (Wildman–Crippen MR) is 78.2 cm³/mol. The molecule has 1 atom stereocenters. The van der Waals surface area contributed by atoms with E-state index in [4.69, 9.17) is 0 Å². The molecule has 0 amide bonds. The van der Waals surface area contributed by atoms with E-state index < -0.39 is 10.2 Å². The minimum Gasteiger partial charge on any atom is -0.301 e. The zero-order valence-electron chi connectivity index (χ0n) is 12.2. The van der Waals surface area contributed by atoms with Crippen LogP contribution in [0, 0.1) is 6.92 Å². The number of nitrogens with one attached hydrogen (secondary N) is 1. The molecule has 5 nitrogen and oxygen atoms in total. The van der Waals surface area contributed by atoms with E-state index in [9.17, 15) is 8.42 Å². The summed E-state index contributed by atoms with van der Waals surface area (Å²) in [6.45, 7) is 2.37. The van der Waals surface area contributed by atoms with Crippen LogP contribution in [0.2, 0.25) is 0 Å². The monoisotopic (exact) mass is 285 g/mol. The lowest BCUT2D eigenvalue weighted by Gasteiger charge is -2.26. The maximum atomic E-state index is 11.7. The molecular formula is C13H23N3O2S. The first-order valence-corrected chi connectivity index (χ1v) is 7.58. The Morgan fingerprint density at radius 2 is 1.63 bits per heavy atom. The molecule has 1 aromatic carbocycles. The van der Waals surface area contributed by atoms with Crippen molar-refractivity contribution in [1.29, 1.82) is 0 Å². The van der Waals surface area contributed by atoms with E-state index in [1.54, 1.807) is 0 Å². The van der Waals surface area contributed by atoms with Crippen molar-refractivity contribution in [3.8, 4) is 0 Å². The molecule has 1 N–H and O–H groups in total. The summed E-state index contributed by atoms with van der Waals surface area (Å²) in [5.74, 6) is 0. The fourth-order valence-corrected chi connectivity index (χ4v) is 2.33. The van der Waals surface area contributed by atoms with Gasteiger partial charge in [-0.1, -0.05) is 29.8 Å². The summed E-state index contributed by atoms with van der Waals surface area (Å²) in [6, 6.07) is 8.14. The Labute approximate surface area is 116 Å². The molecule has 0 aromatic heterocycles. The molecule has 0 radical (unpaired) electrons. The summed E-state index contributed by atoms with van der Waals surface area (Å²) >= 11 is 0. The average molecular weight is 285 g/mol. The third-order valence-electron chi connectivity index (χ3n) is 3.03. The minimum atomic E-state index is -3.39. The summed E-state index contributed by atoms with van der Waals surface area (Å²) in [4.78, 5) is 2.00. The van der Waals surface area contributed by atoms with Crippen molar-refractivity contribution in [2.75, 3.05) is 34.7 Å². The molecule has 0 spiro atoms. The third kappa shape index (κ3) is 4.58. The van der Waals surface area contributed by atoms with E-state index in [1.165, 1.54) is 24.0 Å². The van der Waals surface area contributed by atoms with Crippen LogP contribution in [-0.4, -0.2) is 52.4 Å². The first-order chi connectivity index (χ1) is 8.74. The van der Waals surface area contributed by atoms with Gasteiger partial charge in [0.2, 0.25) is 0 Å². The minimum absolute atomic E-state index is 0.00956. The first-order valence-electron chi connectivity index (χ1n) is 6.14. The third-order valence-corrected chi connectivity index (χ3v) is 4.52. The van der Waals surface area contributed by atoms with Crippen LogP contribution in [0.4, 0.5) is 0 Å². The van der Waals surface area contributed by atoms with Crippen LogP contribution in [0.3, 0.4) is 0 Å². The number of hydrogen-bond acceptors (Lipinski definition) is 3. The van der Waals surface area contributed by atoms with Crippen LogP contribution in [0.15, 0.2) is 24.3 Å². The first kappa shape index (κ1) is 16.1. The largest absolute Gasteiger partial charge is 0.301 e. The predicted octanol–water partition coefficient (Wildman–Crippen LogP) is 0.994. The fourth-order valence-electron chi connectivity index (χ4n) is 1.70. The van der Waals surface area contributed by atoms with Crippen LogP contribution < -0.4 is 4.72 Å². The van der Waals surface area contributed by atoms with Gasteiger partial charge in [0, 0.05) is 26.7 Å². The fraction of sp³-hybridized carbons (Fsp3) is 0.538. The Morgan fingerprint density at radius 3 is 2.05 bits per heavy atom. The van der Waals surface area contributed by atoms with Crippen molar-refractivity contribution >= 4 is 10.2 Å². The van der Waals surface area contributed by atoms with Gasteiger partial charge in [-0.05, 0) is 26.6 Å². The summed E-state index contributed by atoms with van der Waals surface area (Å²) < 4.78 is 27.3. The van der Waals surface area contributed by atoms with Gasteiger partial charge >= 0.3 is 0 Å². The van der Waals surface area contributed by atoms with Gasteiger partial charge in [0.1, 0.15) is 0 Å². The van der Waals surface area contributed by atoms with E-state index in [0.717, 1.165) is 5.56 Å². The van der Waals surface area contributed by atoms with Gasteiger partial charge in [0.15, 0.2) is 0 Å². The maximum Gasteiger partial charge on any atom is 0.278 e. The summed E-state index contributed by atoms with van der Waals surface area (Å²) in [6.07, 6.45) is 0. The molecule has 1 aromatic rings. The van der Waals surface area contributed by atoms with Gasteiger partial charge in [0.05, 0.1) is 0 Å². The molecule has 0 bridgehead atoms. The lowest BCUT2D eigenvalue weighted by Crippen LogP contribution is -2.40. The Kier molecular flexibility index (Phi) is 5.49. The Hall–Kier alpha value is -0.950. The number of aryl methyl sites for hydroxylation is 1. The van der Waals surface area contributed by atoms with Crippen LogP contribution in [0.5, 0.6) is 0 Å². The smallest absolute Gasteiger partial charge is 0.278 e. The second-order valence-electron chi connectivity index (χ2n) is 5.03. The molecule has 0 fully saturated rings. The topological polar surface area (TPSA) is 52.7 Å². The van der Waals surface area contributed by atoms with Crippen LogP contribution >= 0.6 is 0 Å². The van der Waals surface area contributed by atoms with E-state index in [1.807, 2.05) is 50.2 Å². The van der Waals surface area contributed by atoms with Crippen LogP contribution in [0.25, 0.3) is 0 Å². The van der Waals surface area contributed by atoms with Gasteiger partial charge in [-0.25, -0.2) is 4.72 Å². The van der Waals surface area contributed by atoms with Crippen molar-refractivity contribution in [3.63, 3.8) is 0 Å². The van der Waals surface area contributed by atoms with E-state index in [0.29, 0.717) is 6.54 Å². The maximum absolute atomic E-state index is 11.7. The molecule has 1 rings (SSSR count). The molecule has 1 unspecified atom stereocenters. The number of rotatable bonds is 6. The standard InChI is InChI=1S/C13H23N3O2S/c1-11-6-8-12(9-7-11)13(15(2)3)10-14-19(17,18)16(4)5/h6-9,13-14H,10H2,1-5H3. The van der Waals surface area contributed by atoms with Crippen molar-refractivity contribution in [1.82, 2.24) is 13.9 Å². The molecule has 108 valence electrons. The van der Waals surface area contributed by atoms with Gasteiger partial charge in [0.25, 0.3) is 10.2 Å². The lowest BCUT2D eigenvalue weighted by atomic mass is 10.0. The van der Waals surface area contributed by atoms with E-state index in [-0.39, 0.29) is 6.04 Å². The van der Waals surface area contributed by atoms with Crippen molar-refractivity contribution in [2.24, 2.45) is 0 Å². The van der Waals surface area contributed by atoms with Gasteiger partial charge in [-0.15, -0.1) is 0 Å². The molecule has 0 aliphatic rings. The zero-order chi connectivity index (χ0) is 14.6. The molecule has 19 heavy (non-hydrogen) atoms. The summed E-state index contributed by atoms with van der Waals surface area (Å²) in [7, 11) is 3.52. The second kappa shape index (κ2) is 6.47. The Balaban J connectivity index is 2.83. The molecule has 0 saturated heterocycles. The molecule has 0 aliphatic heterocycles. The summed E-state index contributed by atoms with van der Waals surface area (Å²) in [5, 5.41) is 0. The van der Waals surface area contributed by atoms with Gasteiger partial charge < -0.3 is 4.90 Å². The Bertz CT molecular complexity index is 495. The SMILES string of the molecule is Cc1ccc(C(CNS(=O)(=O)N(C)C)N(C)C)cc1. The van der Waals surface area contributed by atoms with E-state index >= 15 is 0 Å². The van der Waals surface area contributed by atoms with Crippen molar-refractivity contribution < 1.29 is 8.42 Å². The number of hydrogen-bond donors (Lipinski definition) is 1. The number of benzene rings is 1. The normalized spacial score (nSPS) is 14.1. The van der Waals surface area contributed by atoms with Gasteiger partial charge in [-0.3, -0.25) is 0 Å². The highest BCUT2D eigenvalue weighted by Gasteiger charge is 2.19. The second-order valence-corrected chi connectivity index (χ2v) is 7.00. The molecule has 6 heteroatoms. The Morgan fingerprint density at radius 1 is 1.11 bits per heavy atom. The van der Waals surface area contributed by atoms with Crippen LogP contribution in [-0.2, 0) is 10.2 Å². The zero-order valence-corrected chi connectivity index (χ0v) is 13.0. The molecular weight excluding hydrogens is 262 g/mol. The average Bonchev–Trinajstić information content (AvgIpc) is 2.31. The quantitative estimate of drug-likeness (QED) is 0.848.